The molecule has 20 heavy (non-hydrogen) atoms. The molecule has 5 nitrogen and oxygen atoms in total. The van der Waals surface area contributed by atoms with Gasteiger partial charge in [-0.05, 0) is 31.4 Å². The SMILES string of the molecule is N#CC1CCCCCC1Oc1ccc(Cl)cc1[N+](=O)[O-]. The molecule has 0 saturated heterocycles. The molecule has 0 radical (unpaired) electrons. The van der Waals surface area contributed by atoms with Gasteiger partial charge in [0.1, 0.15) is 6.10 Å². The third kappa shape index (κ3) is 3.40. The van der Waals surface area contributed by atoms with E-state index >= 15 is 0 Å². The molecule has 1 saturated carbocycles. The minimum absolute atomic E-state index is 0.154. The third-order valence-corrected chi connectivity index (χ3v) is 3.75. The molecule has 2 rings (SSSR count). The Morgan fingerprint density at radius 2 is 2.10 bits per heavy atom. The second kappa shape index (κ2) is 6.58. The molecule has 0 aromatic heterocycles. The number of hydrogen-bond acceptors (Lipinski definition) is 4. The van der Waals surface area contributed by atoms with Gasteiger partial charge in [0.2, 0.25) is 0 Å². The fraction of sp³-hybridized carbons (Fsp3) is 0.500. The van der Waals surface area contributed by atoms with Gasteiger partial charge in [0.05, 0.1) is 16.9 Å². The van der Waals surface area contributed by atoms with Crippen LogP contribution in [0.1, 0.15) is 32.1 Å². The first-order valence-corrected chi connectivity index (χ1v) is 7.00. The van der Waals surface area contributed by atoms with Crippen molar-refractivity contribution in [3.63, 3.8) is 0 Å². The Hall–Kier alpha value is -1.80. The van der Waals surface area contributed by atoms with Gasteiger partial charge >= 0.3 is 5.69 Å². The normalized spacial score (nSPS) is 22.6. The maximum absolute atomic E-state index is 11.0. The summed E-state index contributed by atoms with van der Waals surface area (Å²) < 4.78 is 5.76. The van der Waals surface area contributed by atoms with Crippen molar-refractivity contribution in [1.29, 1.82) is 5.26 Å². The van der Waals surface area contributed by atoms with E-state index in [0.29, 0.717) is 5.02 Å². The first kappa shape index (κ1) is 14.6. The summed E-state index contributed by atoms with van der Waals surface area (Å²) in [4.78, 5) is 10.5. The minimum atomic E-state index is -0.515. The summed E-state index contributed by atoms with van der Waals surface area (Å²) in [5, 5.41) is 20.5. The molecule has 1 fully saturated rings. The number of hydrogen-bond donors (Lipinski definition) is 0. The largest absolute Gasteiger partial charge is 0.482 e. The van der Waals surface area contributed by atoms with Gasteiger partial charge in [0.15, 0.2) is 5.75 Å². The molecule has 0 spiro atoms. The lowest BCUT2D eigenvalue weighted by Crippen LogP contribution is -2.25. The second-order valence-electron chi connectivity index (χ2n) is 4.90. The van der Waals surface area contributed by atoms with Gasteiger partial charge in [0.25, 0.3) is 0 Å². The van der Waals surface area contributed by atoms with Crippen LogP contribution in [0.4, 0.5) is 5.69 Å². The van der Waals surface area contributed by atoms with Crippen molar-refractivity contribution in [3.8, 4) is 11.8 Å². The van der Waals surface area contributed by atoms with E-state index in [2.05, 4.69) is 6.07 Å². The van der Waals surface area contributed by atoms with Gasteiger partial charge in [-0.25, -0.2) is 0 Å². The standard InChI is InChI=1S/C14H15ClN2O3/c15-11-6-7-14(12(8-11)17(18)19)20-13-5-3-1-2-4-10(13)9-16/h6-8,10,13H,1-5H2. The van der Waals surface area contributed by atoms with Gasteiger partial charge in [-0.15, -0.1) is 0 Å². The Balaban J connectivity index is 2.24. The number of rotatable bonds is 3. The van der Waals surface area contributed by atoms with Crippen molar-refractivity contribution < 1.29 is 9.66 Å². The molecule has 1 aromatic rings. The Morgan fingerprint density at radius 3 is 2.80 bits per heavy atom. The lowest BCUT2D eigenvalue weighted by atomic mass is 9.99. The average molecular weight is 295 g/mol. The van der Waals surface area contributed by atoms with E-state index in [0.717, 1.165) is 32.1 Å². The molecule has 0 aliphatic heterocycles. The highest BCUT2D eigenvalue weighted by molar-refractivity contribution is 6.30. The molecule has 106 valence electrons. The van der Waals surface area contributed by atoms with E-state index in [1.165, 1.54) is 12.1 Å². The zero-order valence-electron chi connectivity index (χ0n) is 10.9. The highest BCUT2D eigenvalue weighted by atomic mass is 35.5. The maximum atomic E-state index is 11.0. The van der Waals surface area contributed by atoms with Crippen molar-refractivity contribution in [3.05, 3.63) is 33.3 Å². The monoisotopic (exact) mass is 294 g/mol. The summed E-state index contributed by atoms with van der Waals surface area (Å²) in [6.45, 7) is 0. The molecule has 0 bridgehead atoms. The van der Waals surface area contributed by atoms with Gasteiger partial charge in [-0.3, -0.25) is 10.1 Å². The van der Waals surface area contributed by atoms with Crippen LogP contribution in [0.5, 0.6) is 5.75 Å². The van der Waals surface area contributed by atoms with Crippen molar-refractivity contribution >= 4 is 17.3 Å². The summed E-state index contributed by atoms with van der Waals surface area (Å²) in [5.74, 6) is -0.0284. The van der Waals surface area contributed by atoms with E-state index in [1.807, 2.05) is 0 Å². The molecule has 2 unspecified atom stereocenters. The number of nitriles is 1. The highest BCUT2D eigenvalue weighted by Gasteiger charge is 2.27. The summed E-state index contributed by atoms with van der Waals surface area (Å²) in [6.07, 6.45) is 4.29. The summed E-state index contributed by atoms with van der Waals surface area (Å²) >= 11 is 5.77. The number of nitro groups is 1. The lowest BCUT2D eigenvalue weighted by Gasteiger charge is -2.21. The summed E-state index contributed by atoms with van der Waals surface area (Å²) in [6, 6.07) is 6.58. The van der Waals surface area contributed by atoms with E-state index in [1.54, 1.807) is 6.07 Å². The van der Waals surface area contributed by atoms with Crippen LogP contribution >= 0.6 is 11.6 Å². The predicted octanol–water partition coefficient (Wildman–Crippen LogP) is 4.10. The molecule has 1 aromatic carbocycles. The number of nitrogens with zero attached hydrogens (tertiary/aromatic N) is 2. The van der Waals surface area contributed by atoms with Crippen LogP contribution in [0.25, 0.3) is 0 Å². The van der Waals surface area contributed by atoms with E-state index in [4.69, 9.17) is 16.3 Å². The molecular weight excluding hydrogens is 280 g/mol. The maximum Gasteiger partial charge on any atom is 0.312 e. The minimum Gasteiger partial charge on any atom is -0.482 e. The van der Waals surface area contributed by atoms with Crippen molar-refractivity contribution in [2.24, 2.45) is 5.92 Å². The average Bonchev–Trinajstić information content (AvgIpc) is 2.65. The zero-order chi connectivity index (χ0) is 14.5. The molecule has 2 atom stereocenters. The molecule has 1 aliphatic rings. The van der Waals surface area contributed by atoms with Gasteiger partial charge < -0.3 is 4.74 Å². The third-order valence-electron chi connectivity index (χ3n) is 3.51. The smallest absolute Gasteiger partial charge is 0.312 e. The van der Waals surface area contributed by atoms with E-state index in [9.17, 15) is 15.4 Å². The van der Waals surface area contributed by atoms with Crippen molar-refractivity contribution in [1.82, 2.24) is 0 Å². The fourth-order valence-corrected chi connectivity index (χ4v) is 2.62. The van der Waals surface area contributed by atoms with Crippen LogP contribution in [-0.2, 0) is 0 Å². The van der Waals surface area contributed by atoms with Crippen LogP contribution in [0.15, 0.2) is 18.2 Å². The van der Waals surface area contributed by atoms with Crippen LogP contribution in [0.2, 0.25) is 5.02 Å². The van der Waals surface area contributed by atoms with E-state index < -0.39 is 4.92 Å². The lowest BCUT2D eigenvalue weighted by molar-refractivity contribution is -0.386. The first-order chi connectivity index (χ1) is 9.61. The summed E-state index contributed by atoms with van der Waals surface area (Å²) in [7, 11) is 0. The van der Waals surface area contributed by atoms with Crippen LogP contribution in [-0.4, -0.2) is 11.0 Å². The number of halogens is 1. The second-order valence-corrected chi connectivity index (χ2v) is 5.34. The summed E-state index contributed by atoms with van der Waals surface area (Å²) in [5.41, 5.74) is -0.154. The van der Waals surface area contributed by atoms with Crippen LogP contribution in [0, 0.1) is 27.4 Å². The van der Waals surface area contributed by atoms with E-state index in [-0.39, 0.29) is 23.5 Å². The Morgan fingerprint density at radius 1 is 1.35 bits per heavy atom. The Bertz CT molecular complexity index is 542. The molecule has 1 aliphatic carbocycles. The van der Waals surface area contributed by atoms with Gasteiger partial charge in [-0.2, -0.15) is 5.26 Å². The molecule has 0 amide bonds. The van der Waals surface area contributed by atoms with Gasteiger partial charge in [-0.1, -0.05) is 24.4 Å². The van der Waals surface area contributed by atoms with Crippen LogP contribution in [0.3, 0.4) is 0 Å². The topological polar surface area (TPSA) is 76.2 Å². The van der Waals surface area contributed by atoms with Crippen molar-refractivity contribution in [2.75, 3.05) is 0 Å². The first-order valence-electron chi connectivity index (χ1n) is 6.62. The van der Waals surface area contributed by atoms with Gasteiger partial charge in [0, 0.05) is 11.1 Å². The Labute approximate surface area is 122 Å². The predicted molar refractivity (Wildman–Crippen MR) is 74.7 cm³/mol. The molecule has 6 heteroatoms. The Kier molecular flexibility index (Phi) is 4.80. The number of ether oxygens (including phenoxy) is 1. The molecule has 0 N–H and O–H groups in total. The molecular formula is C14H15ClN2O3. The molecule has 0 heterocycles. The number of nitro benzene ring substituents is 1. The quantitative estimate of drug-likeness (QED) is 0.478. The van der Waals surface area contributed by atoms with Crippen molar-refractivity contribution in [2.45, 2.75) is 38.2 Å². The zero-order valence-corrected chi connectivity index (χ0v) is 11.7. The van der Waals surface area contributed by atoms with Crippen LogP contribution < -0.4 is 4.74 Å². The highest BCUT2D eigenvalue weighted by Crippen LogP contribution is 2.34. The number of benzene rings is 1. The fourth-order valence-electron chi connectivity index (χ4n) is 2.46.